The van der Waals surface area contributed by atoms with Gasteiger partial charge in [-0.05, 0) is 23.0 Å². The van der Waals surface area contributed by atoms with Gasteiger partial charge in [0, 0.05) is 4.57 Å². The van der Waals surface area contributed by atoms with Crippen molar-refractivity contribution in [2.75, 3.05) is 0 Å². The molecule has 0 rings (SSSR count). The predicted octanol–water partition coefficient (Wildman–Crippen LogP) is 4.48. The average molecular weight is 327 g/mol. The molecule has 6 heteroatoms. The Hall–Kier alpha value is -1.74. The summed E-state index contributed by atoms with van der Waals surface area (Å²) in [5.74, 6) is 0. The van der Waals surface area contributed by atoms with Crippen LogP contribution in [0.25, 0.3) is 0 Å². The van der Waals surface area contributed by atoms with Gasteiger partial charge in [-0.2, -0.15) is 0 Å². The summed E-state index contributed by atoms with van der Waals surface area (Å²) < 4.78 is 21.3. The molecule has 0 saturated carbocycles. The summed E-state index contributed by atoms with van der Waals surface area (Å²) in [6.45, 7) is 12.2. The monoisotopic (exact) mass is 327 g/mol. The molecule has 5 nitrogen and oxygen atoms in total. The first-order valence-corrected chi connectivity index (χ1v) is 8.09. The Morgan fingerprint density at radius 3 is 1.41 bits per heavy atom. The lowest BCUT2D eigenvalue weighted by Gasteiger charge is -2.10. The van der Waals surface area contributed by atoms with Crippen molar-refractivity contribution in [3.63, 3.8) is 0 Å². The maximum atomic E-state index is 11.5. The molecule has 0 aromatic carbocycles. The summed E-state index contributed by atoms with van der Waals surface area (Å²) in [6, 6.07) is 0. The van der Waals surface area contributed by atoms with Gasteiger partial charge in [-0.1, -0.05) is 53.7 Å². The minimum atomic E-state index is -2.35. The van der Waals surface area contributed by atoms with Crippen LogP contribution in [0.2, 0.25) is 0 Å². The van der Waals surface area contributed by atoms with E-state index in [-0.39, 0.29) is 10.8 Å². The lowest BCUT2D eigenvalue weighted by molar-refractivity contribution is 0.353. The molecule has 4 N–H and O–H groups in total. The van der Waals surface area contributed by atoms with Crippen molar-refractivity contribution in [2.24, 2.45) is 22.3 Å². The fraction of sp³-hybridized carbons (Fsp3) is 0.500. The lowest BCUT2D eigenvalue weighted by atomic mass is 9.96. The Morgan fingerprint density at radius 1 is 0.818 bits per heavy atom. The molecule has 0 aliphatic rings. The van der Waals surface area contributed by atoms with E-state index in [2.05, 4.69) is 0 Å². The second-order valence-corrected chi connectivity index (χ2v) is 7.94. The van der Waals surface area contributed by atoms with E-state index in [1.165, 1.54) is 12.5 Å². The summed E-state index contributed by atoms with van der Waals surface area (Å²) in [4.78, 5) is 0. The van der Waals surface area contributed by atoms with Crippen LogP contribution >= 0.6 is 8.25 Å². The fourth-order valence-corrected chi connectivity index (χ4v) is 1.47. The molecule has 0 heterocycles. The zero-order chi connectivity index (χ0) is 17.4. The molecule has 0 unspecified atom stereocenters. The van der Waals surface area contributed by atoms with Gasteiger partial charge in [0.15, 0.2) is 12.5 Å². The molecule has 0 aliphatic carbocycles. The third kappa shape index (κ3) is 13.3. The Balaban J connectivity index is 4.41. The van der Waals surface area contributed by atoms with Gasteiger partial charge in [-0.15, -0.1) is 0 Å². The summed E-state index contributed by atoms with van der Waals surface area (Å²) in [5, 5.41) is 0. The summed E-state index contributed by atoms with van der Waals surface area (Å²) >= 11 is 0. The molecule has 0 bridgehead atoms. The molecule has 0 saturated heterocycles. The molecule has 0 aliphatic heterocycles. The van der Waals surface area contributed by atoms with E-state index in [0.29, 0.717) is 11.4 Å². The molecule has 0 radical (unpaired) electrons. The van der Waals surface area contributed by atoms with Crippen LogP contribution in [-0.4, -0.2) is 0 Å². The Kier molecular flexibility index (Phi) is 7.96. The lowest BCUT2D eigenvalue weighted by Crippen LogP contribution is -2.01. The van der Waals surface area contributed by atoms with Crippen molar-refractivity contribution in [3.05, 3.63) is 48.2 Å². The third-order valence-electron chi connectivity index (χ3n) is 2.10. The quantitative estimate of drug-likeness (QED) is 0.426. The predicted molar refractivity (Wildman–Crippen MR) is 91.5 cm³/mol. The average Bonchev–Trinajstić information content (AvgIpc) is 2.36. The minimum Gasteiger partial charge on any atom is -0.396 e. The summed E-state index contributed by atoms with van der Waals surface area (Å²) in [7, 11) is -2.35. The van der Waals surface area contributed by atoms with Crippen molar-refractivity contribution < 1.29 is 13.6 Å². The molecule has 0 aromatic rings. The highest BCUT2D eigenvalue weighted by molar-refractivity contribution is 7.33. The van der Waals surface area contributed by atoms with Crippen LogP contribution in [0.15, 0.2) is 48.2 Å². The molecule has 0 spiro atoms. The van der Waals surface area contributed by atoms with Crippen LogP contribution in [-0.2, 0) is 13.6 Å². The van der Waals surface area contributed by atoms with E-state index in [9.17, 15) is 4.57 Å². The highest BCUT2D eigenvalue weighted by atomic mass is 31.1. The molecule has 0 amide bonds. The topological polar surface area (TPSA) is 87.6 Å². The molecule has 124 valence electrons. The van der Waals surface area contributed by atoms with E-state index in [1.54, 1.807) is 12.2 Å². The number of nitrogens with two attached hydrogens (primary N) is 2. The Morgan fingerprint density at radius 2 is 1.14 bits per heavy atom. The van der Waals surface area contributed by atoms with Gasteiger partial charge >= 0.3 is 8.25 Å². The molecular weight excluding hydrogens is 299 g/mol. The van der Waals surface area contributed by atoms with Crippen LogP contribution in [0.1, 0.15) is 41.5 Å². The highest BCUT2D eigenvalue weighted by Gasteiger charge is 2.18. The number of hydrogen-bond acceptors (Lipinski definition) is 5. The van der Waals surface area contributed by atoms with E-state index >= 15 is 0 Å². The number of allylic oxidation sites excluding steroid dienone is 4. The van der Waals surface area contributed by atoms with Crippen LogP contribution in [0.5, 0.6) is 0 Å². The van der Waals surface area contributed by atoms with Crippen molar-refractivity contribution in [3.8, 4) is 0 Å². The highest BCUT2D eigenvalue weighted by Crippen LogP contribution is 2.25. The minimum absolute atomic E-state index is 0.00768. The van der Waals surface area contributed by atoms with Crippen molar-refractivity contribution in [1.29, 1.82) is 0 Å². The molecule has 0 aromatic heterocycles. The molecule has 0 fully saturated rings. The van der Waals surface area contributed by atoms with Gasteiger partial charge in [0.05, 0.1) is 11.4 Å². The first-order chi connectivity index (χ1) is 9.89. The van der Waals surface area contributed by atoms with Crippen LogP contribution in [0.3, 0.4) is 0 Å². The van der Waals surface area contributed by atoms with Gasteiger partial charge < -0.3 is 11.5 Å². The zero-order valence-electron chi connectivity index (χ0n) is 14.3. The van der Waals surface area contributed by atoms with E-state index in [0.717, 1.165) is 0 Å². The maximum Gasteiger partial charge on any atom is 0.804 e. The van der Waals surface area contributed by atoms with Crippen molar-refractivity contribution in [1.82, 2.24) is 0 Å². The van der Waals surface area contributed by atoms with E-state index in [4.69, 9.17) is 20.5 Å². The molecular formula is C16H28N2O3P+. The zero-order valence-corrected chi connectivity index (χ0v) is 15.2. The van der Waals surface area contributed by atoms with Gasteiger partial charge in [0.25, 0.3) is 0 Å². The largest absolute Gasteiger partial charge is 0.804 e. The van der Waals surface area contributed by atoms with Crippen LogP contribution < -0.4 is 11.5 Å². The fourth-order valence-electron chi connectivity index (χ4n) is 1.00. The first-order valence-electron chi connectivity index (χ1n) is 7.00. The second kappa shape index (κ2) is 8.64. The smallest absolute Gasteiger partial charge is 0.396 e. The Labute approximate surface area is 134 Å². The Bertz CT molecular complexity index is 449. The molecule has 22 heavy (non-hydrogen) atoms. The van der Waals surface area contributed by atoms with Crippen molar-refractivity contribution in [2.45, 2.75) is 41.5 Å². The van der Waals surface area contributed by atoms with E-state index in [1.807, 2.05) is 53.7 Å². The van der Waals surface area contributed by atoms with Crippen LogP contribution in [0, 0.1) is 10.8 Å². The van der Waals surface area contributed by atoms with Gasteiger partial charge in [-0.3, -0.25) is 0 Å². The second-order valence-electron chi connectivity index (χ2n) is 7.07. The van der Waals surface area contributed by atoms with Crippen LogP contribution in [0.4, 0.5) is 0 Å². The SMILES string of the molecule is CC(C)(C)C=CC(N)=CO[P+](=O)OC=C(N)C=CC(C)(C)C. The standard InChI is InChI=1S/C16H28N2O3P/c1-15(2,3)9-7-13(17)11-20-22(19)21-12-14(18)8-10-16(4,5)6/h7-12H,17-18H2,1-6H3/q+1. The number of rotatable bonds is 6. The van der Waals surface area contributed by atoms with E-state index < -0.39 is 8.25 Å². The maximum absolute atomic E-state index is 11.5. The van der Waals surface area contributed by atoms with Gasteiger partial charge in [0.1, 0.15) is 0 Å². The van der Waals surface area contributed by atoms with Gasteiger partial charge in [-0.25, -0.2) is 9.05 Å². The summed E-state index contributed by atoms with van der Waals surface area (Å²) in [6.07, 6.45) is 9.61. The molecule has 0 atom stereocenters. The van der Waals surface area contributed by atoms with Gasteiger partial charge in [0.2, 0.25) is 0 Å². The third-order valence-corrected chi connectivity index (χ3v) is 2.66. The summed E-state index contributed by atoms with van der Waals surface area (Å²) in [5.41, 5.74) is 12.1. The normalized spacial score (nSPS) is 15.5. The number of hydrogen-bond donors (Lipinski definition) is 2. The first kappa shape index (κ1) is 20.3. The van der Waals surface area contributed by atoms with Crippen molar-refractivity contribution >= 4 is 8.25 Å².